The van der Waals surface area contributed by atoms with Crippen LogP contribution in [-0.4, -0.2) is 27.0 Å². The SMILES string of the molecule is Cc1ccc([N+](=O)[O-])c(NC(CC(C)C)C(=O)O)n1. The van der Waals surface area contributed by atoms with Gasteiger partial charge in [0.05, 0.1) is 4.92 Å². The van der Waals surface area contributed by atoms with Crippen LogP contribution in [0.5, 0.6) is 0 Å². The molecule has 0 aliphatic carbocycles. The Kier molecular flexibility index (Phi) is 4.80. The smallest absolute Gasteiger partial charge is 0.326 e. The molecule has 0 saturated heterocycles. The van der Waals surface area contributed by atoms with Crippen molar-refractivity contribution in [2.45, 2.75) is 33.2 Å². The summed E-state index contributed by atoms with van der Waals surface area (Å²) >= 11 is 0. The first-order valence-electron chi connectivity index (χ1n) is 5.92. The molecule has 1 aromatic rings. The van der Waals surface area contributed by atoms with Crippen molar-refractivity contribution in [3.8, 4) is 0 Å². The minimum absolute atomic E-state index is 0.00181. The van der Waals surface area contributed by atoms with Crippen molar-refractivity contribution >= 4 is 17.5 Å². The van der Waals surface area contributed by atoms with Crippen molar-refractivity contribution in [1.29, 1.82) is 0 Å². The van der Waals surface area contributed by atoms with E-state index in [-0.39, 0.29) is 17.4 Å². The molecule has 1 unspecified atom stereocenters. The molecule has 7 nitrogen and oxygen atoms in total. The zero-order valence-corrected chi connectivity index (χ0v) is 11.1. The summed E-state index contributed by atoms with van der Waals surface area (Å²) in [5.41, 5.74) is 0.363. The molecule has 19 heavy (non-hydrogen) atoms. The number of hydrogen-bond acceptors (Lipinski definition) is 5. The fourth-order valence-corrected chi connectivity index (χ4v) is 1.66. The molecule has 0 radical (unpaired) electrons. The van der Waals surface area contributed by atoms with Crippen LogP contribution in [0.2, 0.25) is 0 Å². The van der Waals surface area contributed by atoms with Crippen molar-refractivity contribution in [2.75, 3.05) is 5.32 Å². The van der Waals surface area contributed by atoms with Crippen molar-refractivity contribution in [2.24, 2.45) is 5.92 Å². The Hall–Kier alpha value is -2.18. The molecule has 1 aromatic heterocycles. The molecule has 0 spiro atoms. The van der Waals surface area contributed by atoms with E-state index in [4.69, 9.17) is 5.11 Å². The second-order valence-electron chi connectivity index (χ2n) is 4.74. The predicted molar refractivity (Wildman–Crippen MR) is 70.1 cm³/mol. The lowest BCUT2D eigenvalue weighted by atomic mass is 10.0. The molecular formula is C12H17N3O4. The van der Waals surface area contributed by atoms with Crippen LogP contribution < -0.4 is 5.32 Å². The fourth-order valence-electron chi connectivity index (χ4n) is 1.66. The number of carbonyl (C=O) groups is 1. The molecule has 0 aliphatic heterocycles. The van der Waals surface area contributed by atoms with Crippen LogP contribution in [0.1, 0.15) is 26.0 Å². The van der Waals surface area contributed by atoms with Crippen LogP contribution in [0, 0.1) is 23.0 Å². The Bertz CT molecular complexity index is 488. The zero-order chi connectivity index (χ0) is 14.6. The number of pyridine rings is 1. The largest absolute Gasteiger partial charge is 0.480 e. The van der Waals surface area contributed by atoms with E-state index in [2.05, 4.69) is 10.3 Å². The molecule has 1 atom stereocenters. The van der Waals surface area contributed by atoms with E-state index in [1.807, 2.05) is 13.8 Å². The van der Waals surface area contributed by atoms with E-state index in [0.717, 1.165) is 0 Å². The highest BCUT2D eigenvalue weighted by Gasteiger charge is 2.23. The Balaban J connectivity index is 3.04. The molecule has 1 rings (SSSR count). The van der Waals surface area contributed by atoms with Gasteiger partial charge in [0.25, 0.3) is 0 Å². The average Bonchev–Trinajstić information content (AvgIpc) is 2.26. The lowest BCUT2D eigenvalue weighted by Gasteiger charge is -2.17. The van der Waals surface area contributed by atoms with Crippen molar-refractivity contribution < 1.29 is 14.8 Å². The lowest BCUT2D eigenvalue weighted by molar-refractivity contribution is -0.384. The second-order valence-corrected chi connectivity index (χ2v) is 4.74. The molecule has 0 aromatic carbocycles. The van der Waals surface area contributed by atoms with Crippen molar-refractivity contribution in [3.63, 3.8) is 0 Å². The van der Waals surface area contributed by atoms with Gasteiger partial charge in [-0.1, -0.05) is 13.8 Å². The summed E-state index contributed by atoms with van der Waals surface area (Å²) in [6.45, 7) is 5.46. The maximum absolute atomic E-state index is 11.1. The summed E-state index contributed by atoms with van der Waals surface area (Å²) in [5, 5.41) is 22.7. The van der Waals surface area contributed by atoms with Crippen LogP contribution in [-0.2, 0) is 4.79 Å². The number of aliphatic carboxylic acids is 1. The molecule has 0 fully saturated rings. The molecule has 2 N–H and O–H groups in total. The standard InChI is InChI=1S/C12H17N3O4/c1-7(2)6-9(12(16)17)14-11-10(15(18)19)5-4-8(3)13-11/h4-5,7,9H,6H2,1-3H3,(H,13,14)(H,16,17). The van der Waals surface area contributed by atoms with Gasteiger partial charge >= 0.3 is 11.7 Å². The monoisotopic (exact) mass is 267 g/mol. The Morgan fingerprint density at radius 2 is 2.16 bits per heavy atom. The van der Waals surface area contributed by atoms with Crippen LogP contribution in [0.3, 0.4) is 0 Å². The molecule has 104 valence electrons. The summed E-state index contributed by atoms with van der Waals surface area (Å²) in [6.07, 6.45) is 0.363. The van der Waals surface area contributed by atoms with Crippen LogP contribution in [0.15, 0.2) is 12.1 Å². The van der Waals surface area contributed by atoms with Gasteiger partial charge in [0.2, 0.25) is 5.82 Å². The number of nitrogens with one attached hydrogen (secondary N) is 1. The maximum Gasteiger partial charge on any atom is 0.326 e. The summed E-state index contributed by atoms with van der Waals surface area (Å²) in [7, 11) is 0. The fraction of sp³-hybridized carbons (Fsp3) is 0.500. The van der Waals surface area contributed by atoms with Gasteiger partial charge in [-0.25, -0.2) is 9.78 Å². The van der Waals surface area contributed by atoms with Gasteiger partial charge in [-0.05, 0) is 25.3 Å². The van der Waals surface area contributed by atoms with Crippen LogP contribution in [0.4, 0.5) is 11.5 Å². The molecule has 0 amide bonds. The Morgan fingerprint density at radius 1 is 1.53 bits per heavy atom. The highest BCUT2D eigenvalue weighted by Crippen LogP contribution is 2.23. The summed E-state index contributed by atoms with van der Waals surface area (Å²) in [6, 6.07) is 1.94. The van der Waals surface area contributed by atoms with E-state index >= 15 is 0 Å². The third-order valence-corrected chi connectivity index (χ3v) is 2.53. The highest BCUT2D eigenvalue weighted by atomic mass is 16.6. The molecule has 0 aliphatic rings. The number of aromatic nitrogens is 1. The molecule has 1 heterocycles. The van der Waals surface area contributed by atoms with Gasteiger partial charge in [0.15, 0.2) is 0 Å². The van der Waals surface area contributed by atoms with E-state index in [1.54, 1.807) is 6.92 Å². The van der Waals surface area contributed by atoms with Gasteiger partial charge in [0, 0.05) is 11.8 Å². The van der Waals surface area contributed by atoms with Crippen LogP contribution in [0.25, 0.3) is 0 Å². The van der Waals surface area contributed by atoms with E-state index < -0.39 is 16.9 Å². The topological polar surface area (TPSA) is 105 Å². The first-order valence-corrected chi connectivity index (χ1v) is 5.92. The summed E-state index contributed by atoms with van der Waals surface area (Å²) < 4.78 is 0. The number of rotatable bonds is 6. The third-order valence-electron chi connectivity index (χ3n) is 2.53. The number of carboxylic acids is 1. The van der Waals surface area contributed by atoms with E-state index in [9.17, 15) is 14.9 Å². The number of carboxylic acid groups (broad SMARTS) is 1. The Morgan fingerprint density at radius 3 is 2.63 bits per heavy atom. The van der Waals surface area contributed by atoms with E-state index in [0.29, 0.717) is 12.1 Å². The first-order chi connectivity index (χ1) is 8.81. The molecule has 0 bridgehead atoms. The minimum atomic E-state index is -1.05. The normalized spacial score (nSPS) is 12.2. The summed E-state index contributed by atoms with van der Waals surface area (Å²) in [4.78, 5) is 25.5. The third kappa shape index (κ3) is 4.20. The van der Waals surface area contributed by atoms with Gasteiger partial charge in [-0.3, -0.25) is 10.1 Å². The van der Waals surface area contributed by atoms with Gasteiger partial charge in [-0.2, -0.15) is 0 Å². The molecule has 0 saturated carbocycles. The number of aryl methyl sites for hydroxylation is 1. The van der Waals surface area contributed by atoms with Gasteiger partial charge in [-0.15, -0.1) is 0 Å². The van der Waals surface area contributed by atoms with Gasteiger partial charge in [0.1, 0.15) is 6.04 Å². The predicted octanol–water partition coefficient (Wildman–Crippen LogP) is 2.21. The van der Waals surface area contributed by atoms with Crippen LogP contribution >= 0.6 is 0 Å². The average molecular weight is 267 g/mol. The van der Waals surface area contributed by atoms with E-state index in [1.165, 1.54) is 12.1 Å². The van der Waals surface area contributed by atoms with Crippen molar-refractivity contribution in [1.82, 2.24) is 4.98 Å². The number of hydrogen-bond donors (Lipinski definition) is 2. The maximum atomic E-state index is 11.1. The Labute approximate surface area is 110 Å². The number of nitrogens with zero attached hydrogens (tertiary/aromatic N) is 2. The summed E-state index contributed by atoms with van der Waals surface area (Å²) in [5.74, 6) is -0.901. The van der Waals surface area contributed by atoms with Crippen molar-refractivity contribution in [3.05, 3.63) is 27.9 Å². The second kappa shape index (κ2) is 6.12. The minimum Gasteiger partial charge on any atom is -0.480 e. The number of anilines is 1. The highest BCUT2D eigenvalue weighted by molar-refractivity contribution is 5.78. The van der Waals surface area contributed by atoms with Gasteiger partial charge < -0.3 is 10.4 Å². The number of nitro groups is 1. The molecule has 7 heteroatoms. The first kappa shape index (κ1) is 14.9. The quantitative estimate of drug-likeness (QED) is 0.604. The lowest BCUT2D eigenvalue weighted by Crippen LogP contribution is -2.31. The zero-order valence-electron chi connectivity index (χ0n) is 11.1. The molecular weight excluding hydrogens is 250 g/mol.